The first kappa shape index (κ1) is 19.9. The predicted octanol–water partition coefficient (Wildman–Crippen LogP) is 2.53. The molecule has 2 aromatic rings. The van der Waals surface area contributed by atoms with Crippen LogP contribution in [0.5, 0.6) is 0 Å². The number of amides is 2. The van der Waals surface area contributed by atoms with E-state index in [0.29, 0.717) is 5.69 Å². The summed E-state index contributed by atoms with van der Waals surface area (Å²) in [7, 11) is 0. The highest BCUT2D eigenvalue weighted by molar-refractivity contribution is 6.31. The predicted molar refractivity (Wildman–Crippen MR) is 96.6 cm³/mol. The summed E-state index contributed by atoms with van der Waals surface area (Å²) in [6.45, 7) is 1.31. The van der Waals surface area contributed by atoms with Crippen LogP contribution in [0.25, 0.3) is 0 Å². The fraction of sp³-hybridized carbons (Fsp3) is 0.118. The van der Waals surface area contributed by atoms with Crippen LogP contribution in [0.3, 0.4) is 0 Å². The van der Waals surface area contributed by atoms with E-state index in [4.69, 9.17) is 22.1 Å². The van der Waals surface area contributed by atoms with Crippen LogP contribution in [0.4, 0.5) is 11.4 Å². The maximum absolute atomic E-state index is 12.2. The van der Waals surface area contributed by atoms with Crippen molar-refractivity contribution in [1.29, 1.82) is 0 Å². The molecule has 0 saturated heterocycles. The largest absolute Gasteiger partial charge is 0.449 e. The number of rotatable bonds is 6. The Bertz CT molecular complexity index is 913. The number of nitro groups is 1. The molecule has 0 spiro atoms. The second-order valence-electron chi connectivity index (χ2n) is 5.40. The highest BCUT2D eigenvalue weighted by Crippen LogP contribution is 2.24. The van der Waals surface area contributed by atoms with Crippen LogP contribution in [0.15, 0.2) is 42.5 Å². The molecular weight excluding hydrogens is 378 g/mol. The summed E-state index contributed by atoms with van der Waals surface area (Å²) in [5, 5.41) is 13.6. The number of esters is 1. The summed E-state index contributed by atoms with van der Waals surface area (Å²) in [6, 6.07) is 9.22. The molecule has 3 N–H and O–H groups in total. The van der Waals surface area contributed by atoms with Gasteiger partial charge in [-0.15, -0.1) is 0 Å². The normalized spacial score (nSPS) is 11.3. The Morgan fingerprint density at radius 3 is 2.37 bits per heavy atom. The molecule has 0 aliphatic carbocycles. The average Bonchev–Trinajstić information content (AvgIpc) is 2.61. The first-order chi connectivity index (χ1) is 12.7. The van der Waals surface area contributed by atoms with E-state index in [-0.39, 0.29) is 16.1 Å². The first-order valence-corrected chi connectivity index (χ1v) is 7.92. The third-order valence-corrected chi connectivity index (χ3v) is 3.70. The molecule has 0 heterocycles. The third kappa shape index (κ3) is 5.02. The lowest BCUT2D eigenvalue weighted by molar-refractivity contribution is -0.385. The standard InChI is InChI=1S/C17H14ClN3O6/c1-9(16(23)20-12-5-2-10(3-6-12)15(19)22)27-17(24)13-7-4-11(18)8-14(13)21(25)26/h2-9H,1H3,(H2,19,22)(H,20,23). The Kier molecular flexibility index (Phi) is 6.09. The summed E-state index contributed by atoms with van der Waals surface area (Å²) in [4.78, 5) is 45.6. The molecule has 0 fully saturated rings. The van der Waals surface area contributed by atoms with E-state index in [1.54, 1.807) is 0 Å². The zero-order valence-corrected chi connectivity index (χ0v) is 14.7. The van der Waals surface area contributed by atoms with Crippen LogP contribution in [-0.4, -0.2) is 28.8 Å². The van der Waals surface area contributed by atoms with Crippen LogP contribution in [0.1, 0.15) is 27.6 Å². The summed E-state index contributed by atoms with van der Waals surface area (Å²) in [5.41, 5.74) is 4.89. The average molecular weight is 392 g/mol. The number of ether oxygens (including phenoxy) is 1. The molecule has 1 atom stereocenters. The summed E-state index contributed by atoms with van der Waals surface area (Å²) >= 11 is 5.69. The number of benzene rings is 2. The van der Waals surface area contributed by atoms with Crippen LogP contribution in [0.2, 0.25) is 5.02 Å². The SMILES string of the molecule is CC(OC(=O)c1ccc(Cl)cc1[N+](=O)[O-])C(=O)Nc1ccc(C(N)=O)cc1. The van der Waals surface area contributed by atoms with Gasteiger partial charge in [-0.3, -0.25) is 19.7 Å². The molecule has 2 rings (SSSR count). The monoisotopic (exact) mass is 391 g/mol. The molecule has 2 amide bonds. The van der Waals surface area contributed by atoms with E-state index >= 15 is 0 Å². The van der Waals surface area contributed by atoms with E-state index in [9.17, 15) is 24.5 Å². The Balaban J connectivity index is 2.07. The van der Waals surface area contributed by atoms with Gasteiger partial charge in [0.25, 0.3) is 11.6 Å². The maximum atomic E-state index is 12.2. The van der Waals surface area contributed by atoms with E-state index in [0.717, 1.165) is 12.1 Å². The number of hydrogen-bond acceptors (Lipinski definition) is 6. The number of anilines is 1. The topological polar surface area (TPSA) is 142 Å². The minimum absolute atomic E-state index is 0.0865. The minimum atomic E-state index is -1.23. The van der Waals surface area contributed by atoms with Crippen LogP contribution >= 0.6 is 11.6 Å². The van der Waals surface area contributed by atoms with E-state index in [2.05, 4.69) is 5.32 Å². The lowest BCUT2D eigenvalue weighted by atomic mass is 10.2. The molecule has 2 aromatic carbocycles. The van der Waals surface area contributed by atoms with Gasteiger partial charge in [0.1, 0.15) is 5.56 Å². The van der Waals surface area contributed by atoms with E-state index in [1.807, 2.05) is 0 Å². The number of carbonyl (C=O) groups excluding carboxylic acids is 3. The molecule has 0 aromatic heterocycles. The van der Waals surface area contributed by atoms with Crippen molar-refractivity contribution in [2.24, 2.45) is 5.73 Å². The Morgan fingerprint density at radius 2 is 1.81 bits per heavy atom. The van der Waals surface area contributed by atoms with Gasteiger partial charge in [0.05, 0.1) is 4.92 Å². The van der Waals surface area contributed by atoms with Gasteiger partial charge < -0.3 is 15.8 Å². The molecule has 0 bridgehead atoms. The Labute approximate surface area is 158 Å². The number of nitrogens with one attached hydrogen (secondary N) is 1. The molecule has 10 heteroatoms. The number of nitro benzene ring substituents is 1. The Morgan fingerprint density at radius 1 is 1.19 bits per heavy atom. The summed E-state index contributed by atoms with van der Waals surface area (Å²) in [5.74, 6) is -2.31. The number of hydrogen-bond donors (Lipinski definition) is 2. The van der Waals surface area contributed by atoms with Crippen molar-refractivity contribution in [2.75, 3.05) is 5.32 Å². The van der Waals surface area contributed by atoms with Gasteiger partial charge in [0.15, 0.2) is 6.10 Å². The van der Waals surface area contributed by atoms with Crippen LogP contribution in [0, 0.1) is 10.1 Å². The highest BCUT2D eigenvalue weighted by Gasteiger charge is 2.25. The van der Waals surface area contributed by atoms with E-state index in [1.165, 1.54) is 37.3 Å². The molecule has 9 nitrogen and oxygen atoms in total. The quantitative estimate of drug-likeness (QED) is 0.440. The molecule has 140 valence electrons. The Hall–Kier alpha value is -3.46. The van der Waals surface area contributed by atoms with Crippen LogP contribution < -0.4 is 11.1 Å². The maximum Gasteiger partial charge on any atom is 0.345 e. The van der Waals surface area contributed by atoms with E-state index < -0.39 is 34.5 Å². The molecule has 0 saturated carbocycles. The number of halogens is 1. The zero-order chi connectivity index (χ0) is 20.1. The van der Waals surface area contributed by atoms with Gasteiger partial charge in [-0.1, -0.05) is 11.6 Å². The van der Waals surface area contributed by atoms with Gasteiger partial charge in [-0.2, -0.15) is 0 Å². The minimum Gasteiger partial charge on any atom is -0.449 e. The van der Waals surface area contributed by atoms with Crippen molar-refractivity contribution in [1.82, 2.24) is 0 Å². The third-order valence-electron chi connectivity index (χ3n) is 3.47. The van der Waals surface area contributed by atoms with Crippen molar-refractivity contribution in [3.63, 3.8) is 0 Å². The van der Waals surface area contributed by atoms with Gasteiger partial charge in [-0.05, 0) is 43.3 Å². The molecular formula is C17H14ClN3O6. The number of nitrogens with two attached hydrogens (primary N) is 1. The number of primary amides is 1. The second kappa shape index (κ2) is 8.28. The molecule has 1 unspecified atom stereocenters. The smallest absolute Gasteiger partial charge is 0.345 e. The molecule has 0 radical (unpaired) electrons. The van der Waals surface area contributed by atoms with Gasteiger partial charge in [0, 0.05) is 22.3 Å². The number of nitrogens with zero attached hydrogens (tertiary/aromatic N) is 1. The zero-order valence-electron chi connectivity index (χ0n) is 14.0. The van der Waals surface area contributed by atoms with Gasteiger partial charge >= 0.3 is 5.97 Å². The highest BCUT2D eigenvalue weighted by atomic mass is 35.5. The lowest BCUT2D eigenvalue weighted by Gasteiger charge is -2.14. The van der Waals surface area contributed by atoms with Crippen molar-refractivity contribution >= 4 is 40.8 Å². The van der Waals surface area contributed by atoms with Crippen molar-refractivity contribution in [3.8, 4) is 0 Å². The fourth-order valence-corrected chi connectivity index (χ4v) is 2.23. The lowest BCUT2D eigenvalue weighted by Crippen LogP contribution is -2.30. The summed E-state index contributed by atoms with van der Waals surface area (Å²) in [6.07, 6.45) is -1.23. The van der Waals surface area contributed by atoms with Crippen LogP contribution in [-0.2, 0) is 9.53 Å². The second-order valence-corrected chi connectivity index (χ2v) is 5.83. The molecule has 0 aliphatic heterocycles. The molecule has 0 aliphatic rings. The van der Waals surface area contributed by atoms with Crippen molar-refractivity contribution in [3.05, 3.63) is 68.7 Å². The number of carbonyl (C=O) groups is 3. The van der Waals surface area contributed by atoms with Gasteiger partial charge in [-0.25, -0.2) is 4.79 Å². The first-order valence-electron chi connectivity index (χ1n) is 7.54. The van der Waals surface area contributed by atoms with Crippen molar-refractivity contribution < 1.29 is 24.0 Å². The summed E-state index contributed by atoms with van der Waals surface area (Å²) < 4.78 is 4.99. The van der Waals surface area contributed by atoms with Gasteiger partial charge in [0.2, 0.25) is 5.91 Å². The fourth-order valence-electron chi connectivity index (χ4n) is 2.07. The molecule has 27 heavy (non-hydrogen) atoms. The van der Waals surface area contributed by atoms with Crippen molar-refractivity contribution in [2.45, 2.75) is 13.0 Å².